The van der Waals surface area contributed by atoms with E-state index in [0.29, 0.717) is 28.7 Å². The van der Waals surface area contributed by atoms with Crippen molar-refractivity contribution in [3.63, 3.8) is 0 Å². The number of nitrogens with zero attached hydrogens (tertiary/aromatic N) is 4. The molecule has 1 fully saturated rings. The number of hydrogen-bond acceptors (Lipinski definition) is 4. The first kappa shape index (κ1) is 13.9. The lowest BCUT2D eigenvalue weighted by atomic mass is 10.2. The van der Waals surface area contributed by atoms with Crippen molar-refractivity contribution in [2.45, 2.75) is 25.4 Å². The highest BCUT2D eigenvalue weighted by molar-refractivity contribution is 6.30. The number of halogens is 1. The number of benzene rings is 1. The lowest BCUT2D eigenvalue weighted by molar-refractivity contribution is 0.379. The Hall–Kier alpha value is -2.08. The van der Waals surface area contributed by atoms with Gasteiger partial charge in [-0.1, -0.05) is 28.9 Å². The highest BCUT2D eigenvalue weighted by Gasteiger charge is 2.27. The van der Waals surface area contributed by atoms with Crippen LogP contribution in [0.3, 0.4) is 0 Å². The molecule has 0 radical (unpaired) electrons. The minimum absolute atomic E-state index is 0.274. The molecule has 0 spiro atoms. The molecular formula is C14H16ClN5O. The standard InChI is InChI=1S/C14H16ClN5O/c1-20(11-5-6-11)14(16)17-8-12-18-13(19-21-12)9-3-2-4-10(15)7-9/h2-4,7,11H,5-6,8H2,1H3,(H2,16,17). The molecule has 1 heterocycles. The van der Waals surface area contributed by atoms with Crippen LogP contribution >= 0.6 is 11.6 Å². The van der Waals surface area contributed by atoms with Crippen molar-refractivity contribution in [3.05, 3.63) is 35.2 Å². The number of aliphatic imine (C=N–C) groups is 1. The van der Waals surface area contributed by atoms with E-state index >= 15 is 0 Å². The summed E-state index contributed by atoms with van der Waals surface area (Å²) in [5, 5.41) is 4.56. The summed E-state index contributed by atoms with van der Waals surface area (Å²) in [6.45, 7) is 0.274. The Morgan fingerprint density at radius 3 is 3.05 bits per heavy atom. The van der Waals surface area contributed by atoms with Gasteiger partial charge < -0.3 is 15.2 Å². The summed E-state index contributed by atoms with van der Waals surface area (Å²) < 4.78 is 5.18. The average molecular weight is 306 g/mol. The molecule has 0 unspecified atom stereocenters. The fourth-order valence-corrected chi connectivity index (χ4v) is 2.16. The summed E-state index contributed by atoms with van der Waals surface area (Å²) in [5.74, 6) is 1.42. The molecular weight excluding hydrogens is 290 g/mol. The Morgan fingerprint density at radius 1 is 1.52 bits per heavy atom. The van der Waals surface area contributed by atoms with E-state index in [0.717, 1.165) is 5.56 Å². The van der Waals surface area contributed by atoms with Crippen molar-refractivity contribution >= 4 is 17.6 Å². The zero-order valence-corrected chi connectivity index (χ0v) is 12.4. The van der Waals surface area contributed by atoms with E-state index in [1.807, 2.05) is 24.1 Å². The van der Waals surface area contributed by atoms with E-state index in [1.165, 1.54) is 12.8 Å². The van der Waals surface area contributed by atoms with Gasteiger partial charge in [0, 0.05) is 23.7 Å². The third-order valence-electron chi connectivity index (χ3n) is 3.38. The van der Waals surface area contributed by atoms with Gasteiger partial charge in [0.25, 0.3) is 0 Å². The van der Waals surface area contributed by atoms with Gasteiger partial charge in [0.15, 0.2) is 5.96 Å². The molecule has 1 aliphatic carbocycles. The zero-order valence-electron chi connectivity index (χ0n) is 11.7. The molecule has 21 heavy (non-hydrogen) atoms. The first-order valence-corrected chi connectivity index (χ1v) is 7.12. The second-order valence-corrected chi connectivity index (χ2v) is 5.48. The third kappa shape index (κ3) is 3.33. The Bertz CT molecular complexity index is 665. The molecule has 0 bridgehead atoms. The Morgan fingerprint density at radius 2 is 2.33 bits per heavy atom. The molecule has 0 atom stereocenters. The average Bonchev–Trinajstić information content (AvgIpc) is 3.22. The van der Waals surface area contributed by atoms with Crippen LogP contribution in [-0.2, 0) is 6.54 Å². The SMILES string of the molecule is CN(C(N)=NCc1nc(-c2cccc(Cl)c2)no1)C1CC1. The molecule has 0 aliphatic heterocycles. The minimum atomic E-state index is 0.274. The molecule has 1 aromatic heterocycles. The molecule has 110 valence electrons. The Labute approximate surface area is 127 Å². The molecule has 0 saturated heterocycles. The summed E-state index contributed by atoms with van der Waals surface area (Å²) in [5.41, 5.74) is 6.72. The number of hydrogen-bond donors (Lipinski definition) is 1. The second-order valence-electron chi connectivity index (χ2n) is 5.04. The number of guanidine groups is 1. The summed E-state index contributed by atoms with van der Waals surface area (Å²) in [6.07, 6.45) is 2.35. The molecule has 2 N–H and O–H groups in total. The van der Waals surface area contributed by atoms with Crippen molar-refractivity contribution < 1.29 is 4.52 Å². The van der Waals surface area contributed by atoms with Crippen LogP contribution < -0.4 is 5.73 Å². The molecule has 6 nitrogen and oxygen atoms in total. The summed E-state index contributed by atoms with van der Waals surface area (Å²) in [6, 6.07) is 7.82. The number of aromatic nitrogens is 2. The van der Waals surface area contributed by atoms with Crippen molar-refractivity contribution in [3.8, 4) is 11.4 Å². The first-order chi connectivity index (χ1) is 10.1. The van der Waals surface area contributed by atoms with E-state index in [9.17, 15) is 0 Å². The van der Waals surface area contributed by atoms with Crippen LogP contribution in [0, 0.1) is 0 Å². The van der Waals surface area contributed by atoms with Crippen LogP contribution in [0.15, 0.2) is 33.8 Å². The van der Waals surface area contributed by atoms with Crippen molar-refractivity contribution in [2.75, 3.05) is 7.05 Å². The van der Waals surface area contributed by atoms with Gasteiger partial charge in [-0.2, -0.15) is 4.98 Å². The van der Waals surface area contributed by atoms with E-state index in [4.69, 9.17) is 21.9 Å². The maximum absolute atomic E-state index is 5.94. The molecule has 1 aromatic carbocycles. The van der Waals surface area contributed by atoms with Crippen molar-refractivity contribution in [1.29, 1.82) is 0 Å². The van der Waals surface area contributed by atoms with Gasteiger partial charge in [-0.05, 0) is 25.0 Å². The normalized spacial score (nSPS) is 15.2. The van der Waals surface area contributed by atoms with Crippen LogP contribution in [0.1, 0.15) is 18.7 Å². The van der Waals surface area contributed by atoms with Gasteiger partial charge in [0.05, 0.1) is 0 Å². The summed E-state index contributed by atoms with van der Waals surface area (Å²) in [7, 11) is 1.95. The number of nitrogens with two attached hydrogens (primary N) is 1. The maximum Gasteiger partial charge on any atom is 0.248 e. The van der Waals surface area contributed by atoms with E-state index < -0.39 is 0 Å². The van der Waals surface area contributed by atoms with Gasteiger partial charge in [0.2, 0.25) is 11.7 Å². The lowest BCUT2D eigenvalue weighted by Crippen LogP contribution is -2.35. The number of rotatable bonds is 4. The van der Waals surface area contributed by atoms with Crippen LogP contribution in [0.2, 0.25) is 5.02 Å². The monoisotopic (exact) mass is 305 g/mol. The first-order valence-electron chi connectivity index (χ1n) is 6.75. The van der Waals surface area contributed by atoms with Gasteiger partial charge in [-0.3, -0.25) is 0 Å². The second kappa shape index (κ2) is 5.73. The quantitative estimate of drug-likeness (QED) is 0.692. The smallest absolute Gasteiger partial charge is 0.248 e. The van der Waals surface area contributed by atoms with Crippen molar-refractivity contribution in [1.82, 2.24) is 15.0 Å². The topological polar surface area (TPSA) is 80.5 Å². The molecule has 1 aliphatic rings. The largest absolute Gasteiger partial charge is 0.370 e. The molecule has 0 amide bonds. The highest BCUT2D eigenvalue weighted by atomic mass is 35.5. The van der Waals surface area contributed by atoms with Gasteiger partial charge in [0.1, 0.15) is 6.54 Å². The Balaban J connectivity index is 1.69. The fraction of sp³-hybridized carbons (Fsp3) is 0.357. The van der Waals surface area contributed by atoms with E-state index in [1.54, 1.807) is 12.1 Å². The van der Waals surface area contributed by atoms with Crippen LogP contribution in [0.25, 0.3) is 11.4 Å². The third-order valence-corrected chi connectivity index (χ3v) is 3.62. The van der Waals surface area contributed by atoms with Gasteiger partial charge in [-0.15, -0.1) is 0 Å². The van der Waals surface area contributed by atoms with Crippen LogP contribution in [0.4, 0.5) is 0 Å². The van der Waals surface area contributed by atoms with Crippen molar-refractivity contribution in [2.24, 2.45) is 10.7 Å². The molecule has 3 rings (SSSR count). The predicted molar refractivity (Wildman–Crippen MR) is 80.9 cm³/mol. The van der Waals surface area contributed by atoms with E-state index in [2.05, 4.69) is 15.1 Å². The fourth-order valence-electron chi connectivity index (χ4n) is 1.97. The summed E-state index contributed by atoms with van der Waals surface area (Å²) >= 11 is 5.94. The zero-order chi connectivity index (χ0) is 14.8. The molecule has 1 saturated carbocycles. The lowest BCUT2D eigenvalue weighted by Gasteiger charge is -2.16. The molecule has 7 heteroatoms. The molecule has 2 aromatic rings. The van der Waals surface area contributed by atoms with Gasteiger partial charge >= 0.3 is 0 Å². The van der Waals surface area contributed by atoms with Gasteiger partial charge in [-0.25, -0.2) is 4.99 Å². The predicted octanol–water partition coefficient (Wildman–Crippen LogP) is 2.30. The van der Waals surface area contributed by atoms with Crippen LogP contribution in [-0.4, -0.2) is 34.1 Å². The van der Waals surface area contributed by atoms with E-state index in [-0.39, 0.29) is 6.54 Å². The highest BCUT2D eigenvalue weighted by Crippen LogP contribution is 2.25. The minimum Gasteiger partial charge on any atom is -0.370 e. The Kier molecular flexibility index (Phi) is 3.79. The van der Waals surface area contributed by atoms with Crippen LogP contribution in [0.5, 0.6) is 0 Å². The summed E-state index contributed by atoms with van der Waals surface area (Å²) in [4.78, 5) is 10.6. The maximum atomic E-state index is 5.94.